The van der Waals surface area contributed by atoms with Crippen LogP contribution in [0.4, 0.5) is 14.6 Å². The van der Waals surface area contributed by atoms with Crippen molar-refractivity contribution in [2.24, 2.45) is 0 Å². The lowest BCUT2D eigenvalue weighted by Gasteiger charge is -2.34. The van der Waals surface area contributed by atoms with Crippen LogP contribution in [0.15, 0.2) is 36.8 Å². The minimum atomic E-state index is -0.442. The predicted octanol–water partition coefficient (Wildman–Crippen LogP) is 2.23. The van der Waals surface area contributed by atoms with Gasteiger partial charge in [-0.2, -0.15) is 0 Å². The molecule has 1 aliphatic rings. The standard InChI is InChI=1S/C18H19F2N5O/c19-13-1-2-16(20)12(7-13)8-21-9-14-10-25(5-6-26-14)18-15-3-4-22-17(15)23-11-24-18/h1-4,7,11,14,21H,5-6,8-10H2,(H,22,23,24). The van der Waals surface area contributed by atoms with E-state index in [0.717, 1.165) is 35.5 Å². The minimum Gasteiger partial charge on any atom is -0.373 e. The molecule has 1 aromatic carbocycles. The highest BCUT2D eigenvalue weighted by molar-refractivity contribution is 5.87. The Hall–Kier alpha value is -2.58. The molecule has 4 rings (SSSR count). The molecule has 2 N–H and O–H groups in total. The third-order valence-electron chi connectivity index (χ3n) is 4.47. The van der Waals surface area contributed by atoms with Gasteiger partial charge in [0.25, 0.3) is 0 Å². The Morgan fingerprint density at radius 1 is 1.27 bits per heavy atom. The van der Waals surface area contributed by atoms with E-state index in [0.29, 0.717) is 25.3 Å². The van der Waals surface area contributed by atoms with Gasteiger partial charge in [0.15, 0.2) is 0 Å². The number of H-pyrrole nitrogens is 1. The molecule has 6 nitrogen and oxygen atoms in total. The average Bonchev–Trinajstić information content (AvgIpc) is 3.13. The van der Waals surface area contributed by atoms with Gasteiger partial charge in [-0.1, -0.05) is 0 Å². The number of ether oxygens (including phenoxy) is 1. The molecule has 1 fully saturated rings. The Labute approximate surface area is 149 Å². The van der Waals surface area contributed by atoms with Gasteiger partial charge >= 0.3 is 0 Å². The van der Waals surface area contributed by atoms with Crippen molar-refractivity contribution in [1.29, 1.82) is 0 Å². The molecular formula is C18H19F2N5O. The quantitative estimate of drug-likeness (QED) is 0.731. The van der Waals surface area contributed by atoms with Crippen LogP contribution in [0.5, 0.6) is 0 Å². The lowest BCUT2D eigenvalue weighted by molar-refractivity contribution is 0.0405. The molecule has 1 atom stereocenters. The number of aromatic nitrogens is 3. The Balaban J connectivity index is 1.38. The SMILES string of the molecule is Fc1ccc(F)c(CNCC2CN(c3ncnc4[nH]ccc34)CCO2)c1. The molecule has 8 heteroatoms. The van der Waals surface area contributed by atoms with Crippen LogP contribution in [0.2, 0.25) is 0 Å². The van der Waals surface area contributed by atoms with Crippen molar-refractivity contribution in [3.8, 4) is 0 Å². The van der Waals surface area contributed by atoms with Gasteiger partial charge in [0.1, 0.15) is 29.4 Å². The molecule has 0 radical (unpaired) electrons. The minimum absolute atomic E-state index is 0.0654. The summed E-state index contributed by atoms with van der Waals surface area (Å²) in [7, 11) is 0. The summed E-state index contributed by atoms with van der Waals surface area (Å²) in [5.41, 5.74) is 1.11. The molecule has 0 amide bonds. The largest absolute Gasteiger partial charge is 0.373 e. The highest BCUT2D eigenvalue weighted by Gasteiger charge is 2.23. The lowest BCUT2D eigenvalue weighted by Crippen LogP contribution is -2.47. The van der Waals surface area contributed by atoms with Crippen molar-refractivity contribution in [2.75, 3.05) is 31.1 Å². The van der Waals surface area contributed by atoms with Gasteiger partial charge in [-0.15, -0.1) is 0 Å². The molecular weight excluding hydrogens is 340 g/mol. The molecule has 1 aliphatic heterocycles. The third kappa shape index (κ3) is 3.51. The van der Waals surface area contributed by atoms with E-state index < -0.39 is 11.6 Å². The van der Waals surface area contributed by atoms with Crippen LogP contribution < -0.4 is 10.2 Å². The van der Waals surface area contributed by atoms with E-state index in [1.54, 1.807) is 6.33 Å². The third-order valence-corrected chi connectivity index (χ3v) is 4.47. The maximum atomic E-state index is 13.7. The topological polar surface area (TPSA) is 66.1 Å². The van der Waals surface area contributed by atoms with Crippen LogP contribution in [-0.2, 0) is 11.3 Å². The van der Waals surface area contributed by atoms with Crippen LogP contribution >= 0.6 is 0 Å². The molecule has 136 valence electrons. The number of fused-ring (bicyclic) bond motifs is 1. The lowest BCUT2D eigenvalue weighted by atomic mass is 10.2. The second-order valence-electron chi connectivity index (χ2n) is 6.24. The molecule has 26 heavy (non-hydrogen) atoms. The monoisotopic (exact) mass is 359 g/mol. The van der Waals surface area contributed by atoms with Crippen LogP contribution in [0.25, 0.3) is 11.0 Å². The Kier molecular flexibility index (Phi) is 4.77. The summed E-state index contributed by atoms with van der Waals surface area (Å²) in [6.45, 7) is 2.77. The normalized spacial score (nSPS) is 17.8. The van der Waals surface area contributed by atoms with E-state index in [-0.39, 0.29) is 12.6 Å². The van der Waals surface area contributed by atoms with Gasteiger partial charge in [-0.25, -0.2) is 18.7 Å². The van der Waals surface area contributed by atoms with Crippen molar-refractivity contribution in [3.63, 3.8) is 0 Å². The molecule has 3 aromatic rings. The summed E-state index contributed by atoms with van der Waals surface area (Å²) < 4.78 is 32.7. The number of benzene rings is 1. The average molecular weight is 359 g/mol. The number of hydrogen-bond acceptors (Lipinski definition) is 5. The summed E-state index contributed by atoms with van der Waals surface area (Å²) >= 11 is 0. The summed E-state index contributed by atoms with van der Waals surface area (Å²) in [4.78, 5) is 13.9. The van der Waals surface area contributed by atoms with E-state index in [2.05, 4.69) is 25.2 Å². The van der Waals surface area contributed by atoms with Gasteiger partial charge in [0.2, 0.25) is 0 Å². The zero-order valence-electron chi connectivity index (χ0n) is 14.1. The second-order valence-corrected chi connectivity index (χ2v) is 6.24. The van der Waals surface area contributed by atoms with Crippen LogP contribution in [0.3, 0.4) is 0 Å². The molecule has 0 spiro atoms. The summed E-state index contributed by atoms with van der Waals surface area (Å²) in [6, 6.07) is 5.42. The maximum Gasteiger partial charge on any atom is 0.142 e. The summed E-state index contributed by atoms with van der Waals surface area (Å²) in [5.74, 6) is 0.0178. The Bertz CT molecular complexity index is 900. The fourth-order valence-electron chi connectivity index (χ4n) is 3.19. The molecule has 1 saturated heterocycles. The van der Waals surface area contributed by atoms with Crippen LogP contribution in [0.1, 0.15) is 5.56 Å². The fourth-order valence-corrected chi connectivity index (χ4v) is 3.19. The smallest absolute Gasteiger partial charge is 0.142 e. The van der Waals surface area contributed by atoms with E-state index >= 15 is 0 Å². The van der Waals surface area contributed by atoms with Crippen molar-refractivity contribution in [1.82, 2.24) is 20.3 Å². The molecule has 0 aliphatic carbocycles. The van der Waals surface area contributed by atoms with E-state index in [1.165, 1.54) is 6.07 Å². The van der Waals surface area contributed by atoms with Crippen molar-refractivity contribution >= 4 is 16.9 Å². The fraction of sp³-hybridized carbons (Fsp3) is 0.333. The predicted molar refractivity (Wildman–Crippen MR) is 93.9 cm³/mol. The van der Waals surface area contributed by atoms with E-state index in [1.807, 2.05) is 12.3 Å². The number of morpholine rings is 1. The zero-order chi connectivity index (χ0) is 17.9. The molecule has 0 saturated carbocycles. The number of halogens is 2. The molecule has 2 aromatic heterocycles. The number of nitrogens with one attached hydrogen (secondary N) is 2. The summed E-state index contributed by atoms with van der Waals surface area (Å²) in [6.07, 6.45) is 3.32. The van der Waals surface area contributed by atoms with Gasteiger partial charge in [0, 0.05) is 37.9 Å². The van der Waals surface area contributed by atoms with Crippen molar-refractivity contribution in [2.45, 2.75) is 12.6 Å². The van der Waals surface area contributed by atoms with E-state index in [9.17, 15) is 8.78 Å². The van der Waals surface area contributed by atoms with Gasteiger partial charge in [-0.3, -0.25) is 0 Å². The van der Waals surface area contributed by atoms with Gasteiger partial charge in [-0.05, 0) is 24.3 Å². The second kappa shape index (κ2) is 7.35. The van der Waals surface area contributed by atoms with Crippen molar-refractivity contribution in [3.05, 3.63) is 54.0 Å². The maximum absolute atomic E-state index is 13.7. The van der Waals surface area contributed by atoms with Gasteiger partial charge < -0.3 is 19.9 Å². The number of rotatable bonds is 5. The first-order valence-corrected chi connectivity index (χ1v) is 8.50. The first kappa shape index (κ1) is 16.9. The van der Waals surface area contributed by atoms with Crippen LogP contribution in [0, 0.1) is 11.6 Å². The zero-order valence-corrected chi connectivity index (χ0v) is 14.1. The summed E-state index contributed by atoms with van der Waals surface area (Å²) in [5, 5.41) is 4.12. The molecule has 1 unspecified atom stereocenters. The Morgan fingerprint density at radius 3 is 3.12 bits per heavy atom. The molecule has 0 bridgehead atoms. The molecule has 3 heterocycles. The number of aromatic amines is 1. The highest BCUT2D eigenvalue weighted by Crippen LogP contribution is 2.23. The number of nitrogens with zero attached hydrogens (tertiary/aromatic N) is 3. The van der Waals surface area contributed by atoms with Crippen molar-refractivity contribution < 1.29 is 13.5 Å². The number of hydrogen-bond donors (Lipinski definition) is 2. The first-order valence-electron chi connectivity index (χ1n) is 8.50. The first-order chi connectivity index (χ1) is 12.7. The van der Waals surface area contributed by atoms with Gasteiger partial charge in [0.05, 0.1) is 18.1 Å². The number of anilines is 1. The van der Waals surface area contributed by atoms with E-state index in [4.69, 9.17) is 4.74 Å². The highest BCUT2D eigenvalue weighted by atomic mass is 19.1. The Morgan fingerprint density at radius 2 is 2.19 bits per heavy atom. The van der Waals surface area contributed by atoms with Crippen LogP contribution in [-0.4, -0.2) is 47.3 Å².